The summed E-state index contributed by atoms with van der Waals surface area (Å²) in [6.45, 7) is 2.39. The SMILES string of the molecule is O=C(CN(C(=O)c1ccccc1)C1CC1)Nc1nc(CC(=O)N2CCC3(CC2)OCCO3)cs1. The summed E-state index contributed by atoms with van der Waals surface area (Å²) in [7, 11) is 0. The molecule has 3 fully saturated rings. The molecule has 2 aromatic rings. The third kappa shape index (κ3) is 5.29. The van der Waals surface area contributed by atoms with Gasteiger partial charge in [0.1, 0.15) is 6.54 Å². The monoisotopic (exact) mass is 484 g/mol. The fourth-order valence-corrected chi connectivity index (χ4v) is 5.13. The number of nitrogens with zero attached hydrogens (tertiary/aromatic N) is 3. The average Bonchev–Trinajstić information content (AvgIpc) is 3.45. The zero-order valence-electron chi connectivity index (χ0n) is 18.9. The van der Waals surface area contributed by atoms with E-state index in [4.69, 9.17) is 9.47 Å². The Morgan fingerprint density at radius 2 is 1.82 bits per heavy atom. The molecular weight excluding hydrogens is 456 g/mol. The first-order valence-corrected chi connectivity index (χ1v) is 12.6. The molecule has 1 aromatic carbocycles. The van der Waals surface area contributed by atoms with Gasteiger partial charge in [0, 0.05) is 42.9 Å². The van der Waals surface area contributed by atoms with Gasteiger partial charge in [-0.1, -0.05) is 18.2 Å². The maximum absolute atomic E-state index is 12.8. The standard InChI is InChI=1S/C24H28N4O5S/c29-20(15-28(19-6-7-19)22(31)17-4-2-1-3-5-17)26-23-25-18(16-34-23)14-21(30)27-10-8-24(9-11-27)32-12-13-33-24/h1-5,16,19H,6-15H2,(H,25,26,29). The third-order valence-corrected chi connectivity index (χ3v) is 7.21. The molecule has 9 nitrogen and oxygen atoms in total. The lowest BCUT2D eigenvalue weighted by molar-refractivity contribution is -0.187. The second kappa shape index (κ2) is 9.81. The van der Waals surface area contributed by atoms with Crippen molar-refractivity contribution >= 4 is 34.2 Å². The van der Waals surface area contributed by atoms with Crippen molar-refractivity contribution in [1.29, 1.82) is 0 Å². The van der Waals surface area contributed by atoms with E-state index in [1.807, 2.05) is 23.1 Å². The van der Waals surface area contributed by atoms with Gasteiger partial charge >= 0.3 is 0 Å². The summed E-state index contributed by atoms with van der Waals surface area (Å²) in [4.78, 5) is 46.1. The molecule has 0 bridgehead atoms. The Kier molecular flexibility index (Phi) is 6.62. The number of rotatable bonds is 7. The van der Waals surface area contributed by atoms with Gasteiger partial charge in [0.2, 0.25) is 11.8 Å². The molecule has 1 aromatic heterocycles. The number of likely N-dealkylation sites (tertiary alicyclic amines) is 1. The topological polar surface area (TPSA) is 101 Å². The van der Waals surface area contributed by atoms with E-state index >= 15 is 0 Å². The number of ether oxygens (including phenoxy) is 2. The number of piperidine rings is 1. The minimum atomic E-state index is -0.509. The number of hydrogen-bond donors (Lipinski definition) is 1. The van der Waals surface area contributed by atoms with Gasteiger partial charge in [-0.05, 0) is 25.0 Å². The highest BCUT2D eigenvalue weighted by molar-refractivity contribution is 7.13. The Morgan fingerprint density at radius 1 is 1.12 bits per heavy atom. The van der Waals surface area contributed by atoms with Crippen molar-refractivity contribution in [3.8, 4) is 0 Å². The number of nitrogens with one attached hydrogen (secondary N) is 1. The summed E-state index contributed by atoms with van der Waals surface area (Å²) in [5, 5.41) is 5.00. The first kappa shape index (κ1) is 22.9. The second-order valence-corrected chi connectivity index (χ2v) is 9.75. The summed E-state index contributed by atoms with van der Waals surface area (Å²) in [6.07, 6.45) is 3.35. The summed E-state index contributed by atoms with van der Waals surface area (Å²) < 4.78 is 11.4. The molecule has 3 amide bonds. The molecule has 2 saturated heterocycles. The largest absolute Gasteiger partial charge is 0.347 e. The van der Waals surface area contributed by atoms with E-state index in [1.165, 1.54) is 11.3 Å². The van der Waals surface area contributed by atoms with Gasteiger partial charge < -0.3 is 24.6 Å². The Bertz CT molecular complexity index is 1040. The Labute approximate surface area is 202 Å². The maximum atomic E-state index is 12.8. The van der Waals surface area contributed by atoms with Crippen LogP contribution in [0.4, 0.5) is 5.13 Å². The molecular formula is C24H28N4O5S. The van der Waals surface area contributed by atoms with Crippen molar-refractivity contribution in [3.63, 3.8) is 0 Å². The van der Waals surface area contributed by atoms with Crippen LogP contribution >= 0.6 is 11.3 Å². The van der Waals surface area contributed by atoms with E-state index in [2.05, 4.69) is 10.3 Å². The van der Waals surface area contributed by atoms with Crippen LogP contribution in [0, 0.1) is 0 Å². The zero-order valence-corrected chi connectivity index (χ0v) is 19.7. The highest BCUT2D eigenvalue weighted by atomic mass is 32.1. The van der Waals surface area contributed by atoms with Crippen LogP contribution in [-0.2, 0) is 25.5 Å². The van der Waals surface area contributed by atoms with Crippen molar-refractivity contribution in [3.05, 3.63) is 47.0 Å². The number of benzene rings is 1. The lowest BCUT2D eigenvalue weighted by Gasteiger charge is -2.37. The Morgan fingerprint density at radius 3 is 2.50 bits per heavy atom. The quantitative estimate of drug-likeness (QED) is 0.647. The highest BCUT2D eigenvalue weighted by Gasteiger charge is 2.40. The van der Waals surface area contributed by atoms with Gasteiger partial charge in [0.15, 0.2) is 10.9 Å². The predicted molar refractivity (Wildman–Crippen MR) is 125 cm³/mol. The highest BCUT2D eigenvalue weighted by Crippen LogP contribution is 2.31. The van der Waals surface area contributed by atoms with Crippen LogP contribution in [0.5, 0.6) is 0 Å². The van der Waals surface area contributed by atoms with E-state index in [0.29, 0.717) is 55.5 Å². The average molecular weight is 485 g/mol. The number of carbonyl (C=O) groups excluding carboxylic acids is 3. The number of thiazole rings is 1. The van der Waals surface area contributed by atoms with Gasteiger partial charge in [0.25, 0.3) is 5.91 Å². The van der Waals surface area contributed by atoms with E-state index in [1.54, 1.807) is 22.4 Å². The summed E-state index contributed by atoms with van der Waals surface area (Å²) in [5.41, 5.74) is 1.20. The maximum Gasteiger partial charge on any atom is 0.254 e. The molecule has 5 rings (SSSR count). The van der Waals surface area contributed by atoms with Gasteiger partial charge in [-0.3, -0.25) is 14.4 Å². The molecule has 2 aliphatic heterocycles. The summed E-state index contributed by atoms with van der Waals surface area (Å²) in [5.74, 6) is -0.934. The van der Waals surface area contributed by atoms with Crippen LogP contribution in [0.2, 0.25) is 0 Å². The summed E-state index contributed by atoms with van der Waals surface area (Å²) in [6, 6.07) is 9.11. The van der Waals surface area contributed by atoms with Crippen molar-refractivity contribution in [1.82, 2.24) is 14.8 Å². The van der Waals surface area contributed by atoms with Gasteiger partial charge in [0.05, 0.1) is 25.3 Å². The van der Waals surface area contributed by atoms with E-state index < -0.39 is 5.79 Å². The fraction of sp³-hybridized carbons (Fsp3) is 0.500. The Hall–Kier alpha value is -2.82. The van der Waals surface area contributed by atoms with Crippen LogP contribution < -0.4 is 5.32 Å². The first-order valence-electron chi connectivity index (χ1n) is 11.7. The lowest BCUT2D eigenvalue weighted by atomic mass is 10.0. The molecule has 34 heavy (non-hydrogen) atoms. The van der Waals surface area contributed by atoms with E-state index in [-0.39, 0.29) is 36.7 Å². The molecule has 1 aliphatic carbocycles. The van der Waals surface area contributed by atoms with Crippen LogP contribution in [0.25, 0.3) is 0 Å². The number of amides is 3. The van der Waals surface area contributed by atoms with Gasteiger partial charge in [-0.2, -0.15) is 0 Å². The van der Waals surface area contributed by atoms with Crippen molar-refractivity contribution in [2.45, 2.75) is 43.9 Å². The zero-order chi connectivity index (χ0) is 23.5. The molecule has 3 aliphatic rings. The predicted octanol–water partition coefficient (Wildman–Crippen LogP) is 2.29. The molecule has 0 atom stereocenters. The molecule has 0 radical (unpaired) electrons. The van der Waals surface area contributed by atoms with Crippen molar-refractivity contribution in [2.75, 3.05) is 38.2 Å². The van der Waals surface area contributed by atoms with Crippen LogP contribution in [-0.4, -0.2) is 77.2 Å². The van der Waals surface area contributed by atoms with Crippen LogP contribution in [0.1, 0.15) is 41.7 Å². The molecule has 1 N–H and O–H groups in total. The first-order chi connectivity index (χ1) is 16.5. The van der Waals surface area contributed by atoms with Crippen LogP contribution in [0.3, 0.4) is 0 Å². The Balaban J connectivity index is 1.12. The molecule has 3 heterocycles. The summed E-state index contributed by atoms with van der Waals surface area (Å²) >= 11 is 1.28. The van der Waals surface area contributed by atoms with E-state index in [9.17, 15) is 14.4 Å². The molecule has 1 spiro atoms. The number of anilines is 1. The van der Waals surface area contributed by atoms with Crippen molar-refractivity contribution in [2.24, 2.45) is 0 Å². The lowest BCUT2D eigenvalue weighted by Crippen LogP contribution is -2.47. The van der Waals surface area contributed by atoms with Gasteiger partial charge in [-0.15, -0.1) is 11.3 Å². The molecule has 0 unspecified atom stereocenters. The minimum absolute atomic E-state index is 0.00406. The molecule has 10 heteroatoms. The third-order valence-electron chi connectivity index (χ3n) is 6.41. The van der Waals surface area contributed by atoms with Gasteiger partial charge in [-0.25, -0.2) is 4.98 Å². The molecule has 180 valence electrons. The minimum Gasteiger partial charge on any atom is -0.347 e. The van der Waals surface area contributed by atoms with Crippen molar-refractivity contribution < 1.29 is 23.9 Å². The number of carbonyl (C=O) groups is 3. The normalized spacial score (nSPS) is 19.2. The van der Waals surface area contributed by atoms with E-state index in [0.717, 1.165) is 12.8 Å². The number of aromatic nitrogens is 1. The van der Waals surface area contributed by atoms with Crippen LogP contribution in [0.15, 0.2) is 35.7 Å². The number of hydrogen-bond acceptors (Lipinski definition) is 7. The molecule has 1 saturated carbocycles. The smallest absolute Gasteiger partial charge is 0.254 e. The second-order valence-electron chi connectivity index (χ2n) is 8.89. The fourth-order valence-electron chi connectivity index (χ4n) is 4.41.